The Labute approximate surface area is 262 Å². The summed E-state index contributed by atoms with van der Waals surface area (Å²) in [6.45, 7) is 0. The summed E-state index contributed by atoms with van der Waals surface area (Å²) >= 11 is 0. The maximum Gasteiger partial charge on any atom is 0.149 e. The first-order valence-corrected chi connectivity index (χ1v) is 15.5. The molecule has 0 saturated heterocycles. The van der Waals surface area contributed by atoms with E-state index in [9.17, 15) is 0 Å². The molecule has 0 N–H and O–H groups in total. The van der Waals surface area contributed by atoms with E-state index in [0.717, 1.165) is 22.8 Å². The highest BCUT2D eigenvalue weighted by Crippen LogP contribution is 2.46. The number of allylic oxidation sites excluding steroid dienone is 2. The van der Waals surface area contributed by atoms with E-state index in [-0.39, 0.29) is 12.1 Å². The lowest BCUT2D eigenvalue weighted by Gasteiger charge is -2.27. The van der Waals surface area contributed by atoms with Gasteiger partial charge in [0, 0.05) is 50.0 Å². The van der Waals surface area contributed by atoms with E-state index in [2.05, 4.69) is 179 Å². The van der Waals surface area contributed by atoms with Gasteiger partial charge in [-0.1, -0.05) is 109 Å². The van der Waals surface area contributed by atoms with Crippen LogP contribution in [0, 0.1) is 0 Å². The quantitative estimate of drug-likeness (QED) is 0.202. The van der Waals surface area contributed by atoms with E-state index < -0.39 is 0 Å². The van der Waals surface area contributed by atoms with E-state index in [1.165, 1.54) is 44.1 Å². The monoisotopic (exact) mass is 578 g/mol. The zero-order valence-electron chi connectivity index (χ0n) is 24.6. The standard InChI is InChI=1S/C42H30N2O/c1-3-12-31(13-4-1)43(32-14-5-2-6-15-32)33-25-22-29(23-26-33)30-24-27-39-37(28-30)34-16-7-9-19-38(34)44(39)40-20-11-18-36-35-17-8-10-21-41(35)45-42(36)40/h1-28,40,42H. The lowest BCUT2D eigenvalue weighted by atomic mass is 9.93. The average Bonchev–Trinajstić information content (AvgIpc) is 3.65. The van der Waals surface area contributed by atoms with E-state index >= 15 is 0 Å². The van der Waals surface area contributed by atoms with E-state index in [0.29, 0.717) is 0 Å². The van der Waals surface area contributed by atoms with Crippen molar-refractivity contribution < 1.29 is 4.74 Å². The summed E-state index contributed by atoms with van der Waals surface area (Å²) in [6, 6.07) is 54.1. The lowest BCUT2D eigenvalue weighted by Crippen LogP contribution is -2.27. The molecule has 0 amide bonds. The second-order valence-corrected chi connectivity index (χ2v) is 11.7. The Morgan fingerprint density at radius 1 is 0.533 bits per heavy atom. The van der Waals surface area contributed by atoms with E-state index in [1.54, 1.807) is 0 Å². The number of anilines is 3. The van der Waals surface area contributed by atoms with Crippen molar-refractivity contribution in [1.82, 2.24) is 4.57 Å². The van der Waals surface area contributed by atoms with Crippen LogP contribution in [0.2, 0.25) is 0 Å². The van der Waals surface area contributed by atoms with E-state index in [4.69, 9.17) is 4.74 Å². The highest BCUT2D eigenvalue weighted by atomic mass is 16.5. The first-order chi connectivity index (χ1) is 22.3. The van der Waals surface area contributed by atoms with Crippen LogP contribution in [0.3, 0.4) is 0 Å². The molecule has 2 aliphatic rings. The van der Waals surface area contributed by atoms with Gasteiger partial charge in [-0.2, -0.15) is 0 Å². The average molecular weight is 579 g/mol. The minimum absolute atomic E-state index is 0.0480. The zero-order valence-corrected chi connectivity index (χ0v) is 24.6. The number of hydrogen-bond acceptors (Lipinski definition) is 2. The first kappa shape index (κ1) is 25.7. The molecule has 3 heteroatoms. The number of nitrogens with zero attached hydrogens (tertiary/aromatic N) is 2. The Hall–Kier alpha value is -5.80. The van der Waals surface area contributed by atoms with Gasteiger partial charge in [-0.15, -0.1) is 0 Å². The SMILES string of the molecule is C1=CC(n2c3ccccc3c3cc(-c4ccc(N(c5ccccc5)c5ccccc5)cc4)ccc32)C2Oc3ccccc3C2=C1. The summed E-state index contributed by atoms with van der Waals surface area (Å²) in [6.07, 6.45) is 6.62. The molecular formula is C42H30N2O. The second kappa shape index (κ2) is 10.4. The molecule has 7 aromatic rings. The third kappa shape index (κ3) is 4.20. The van der Waals surface area contributed by atoms with Gasteiger partial charge in [0.2, 0.25) is 0 Å². The summed E-state index contributed by atoms with van der Waals surface area (Å²) in [4.78, 5) is 2.30. The van der Waals surface area contributed by atoms with Gasteiger partial charge < -0.3 is 14.2 Å². The van der Waals surface area contributed by atoms with Crippen LogP contribution >= 0.6 is 0 Å². The number of aromatic nitrogens is 1. The molecule has 0 spiro atoms. The number of benzene rings is 6. The van der Waals surface area contributed by atoms with Crippen molar-refractivity contribution in [2.45, 2.75) is 12.1 Å². The first-order valence-electron chi connectivity index (χ1n) is 15.5. The van der Waals surface area contributed by atoms with Crippen molar-refractivity contribution in [3.05, 3.63) is 175 Å². The van der Waals surface area contributed by atoms with Crippen LogP contribution in [0.4, 0.5) is 17.1 Å². The predicted molar refractivity (Wildman–Crippen MR) is 187 cm³/mol. The van der Waals surface area contributed by atoms with Crippen molar-refractivity contribution in [2.75, 3.05) is 4.90 Å². The number of ether oxygens (including phenoxy) is 1. The molecule has 1 aliphatic heterocycles. The minimum atomic E-state index is -0.0594. The van der Waals surface area contributed by atoms with Crippen LogP contribution in [-0.2, 0) is 0 Å². The molecule has 0 radical (unpaired) electrons. The van der Waals surface area contributed by atoms with Gasteiger partial charge in [0.1, 0.15) is 11.9 Å². The Kier molecular flexibility index (Phi) is 5.95. The van der Waals surface area contributed by atoms with Crippen molar-refractivity contribution >= 4 is 44.4 Å². The second-order valence-electron chi connectivity index (χ2n) is 11.7. The van der Waals surface area contributed by atoms with E-state index in [1.807, 2.05) is 0 Å². The molecule has 1 aliphatic carbocycles. The molecule has 2 heterocycles. The molecule has 0 fully saturated rings. The molecule has 1 aromatic heterocycles. The summed E-state index contributed by atoms with van der Waals surface area (Å²) < 4.78 is 9.06. The fourth-order valence-corrected chi connectivity index (χ4v) is 7.10. The van der Waals surface area contributed by atoms with Crippen LogP contribution < -0.4 is 9.64 Å². The third-order valence-corrected chi connectivity index (χ3v) is 9.15. The molecule has 2 unspecified atom stereocenters. The van der Waals surface area contributed by atoms with Crippen LogP contribution in [0.15, 0.2) is 170 Å². The maximum atomic E-state index is 6.59. The smallest absolute Gasteiger partial charge is 0.149 e. The fraction of sp³-hybridized carbons (Fsp3) is 0.0476. The fourth-order valence-electron chi connectivity index (χ4n) is 7.10. The molecule has 214 valence electrons. The molecule has 45 heavy (non-hydrogen) atoms. The van der Waals surface area contributed by atoms with Gasteiger partial charge >= 0.3 is 0 Å². The molecule has 0 bridgehead atoms. The minimum Gasteiger partial charge on any atom is -0.483 e. The normalized spacial score (nSPS) is 16.7. The number of para-hydroxylation sites is 4. The van der Waals surface area contributed by atoms with Gasteiger partial charge in [-0.05, 0) is 71.8 Å². The maximum absolute atomic E-state index is 6.59. The van der Waals surface area contributed by atoms with Crippen LogP contribution in [0.1, 0.15) is 11.6 Å². The molecule has 9 rings (SSSR count). The lowest BCUT2D eigenvalue weighted by molar-refractivity contribution is 0.232. The molecular weight excluding hydrogens is 548 g/mol. The summed E-state index contributed by atoms with van der Waals surface area (Å²) in [5.74, 6) is 0.965. The Balaban J connectivity index is 1.12. The Morgan fingerprint density at radius 3 is 1.93 bits per heavy atom. The summed E-state index contributed by atoms with van der Waals surface area (Å²) in [5.41, 5.74) is 10.7. The zero-order chi connectivity index (χ0) is 29.7. The van der Waals surface area contributed by atoms with Crippen molar-refractivity contribution in [3.8, 4) is 16.9 Å². The van der Waals surface area contributed by atoms with Gasteiger partial charge in [0.25, 0.3) is 0 Å². The molecule has 3 nitrogen and oxygen atoms in total. The number of rotatable bonds is 5. The highest BCUT2D eigenvalue weighted by Gasteiger charge is 2.37. The topological polar surface area (TPSA) is 17.4 Å². The number of fused-ring (bicyclic) bond motifs is 6. The van der Waals surface area contributed by atoms with Crippen LogP contribution in [0.5, 0.6) is 5.75 Å². The third-order valence-electron chi connectivity index (χ3n) is 9.15. The van der Waals surface area contributed by atoms with Crippen molar-refractivity contribution in [3.63, 3.8) is 0 Å². The van der Waals surface area contributed by atoms with Crippen LogP contribution in [-0.4, -0.2) is 10.7 Å². The van der Waals surface area contributed by atoms with Crippen LogP contribution in [0.25, 0.3) is 38.5 Å². The Morgan fingerprint density at radius 2 is 1.16 bits per heavy atom. The molecule has 2 atom stereocenters. The molecule has 6 aromatic carbocycles. The summed E-state index contributed by atoms with van der Waals surface area (Å²) in [5, 5.41) is 2.51. The Bertz CT molecular complexity index is 2210. The largest absolute Gasteiger partial charge is 0.483 e. The van der Waals surface area contributed by atoms with Crippen molar-refractivity contribution in [2.24, 2.45) is 0 Å². The number of hydrogen-bond donors (Lipinski definition) is 0. The predicted octanol–water partition coefficient (Wildman–Crippen LogP) is 10.9. The van der Waals surface area contributed by atoms with Gasteiger partial charge in [-0.25, -0.2) is 0 Å². The van der Waals surface area contributed by atoms with Crippen molar-refractivity contribution in [1.29, 1.82) is 0 Å². The van der Waals surface area contributed by atoms with Gasteiger partial charge in [-0.3, -0.25) is 0 Å². The summed E-state index contributed by atoms with van der Waals surface area (Å²) in [7, 11) is 0. The molecule has 0 saturated carbocycles. The van der Waals surface area contributed by atoms with Gasteiger partial charge in [0.05, 0.1) is 6.04 Å². The van der Waals surface area contributed by atoms with Gasteiger partial charge in [0.15, 0.2) is 0 Å². The highest BCUT2D eigenvalue weighted by molar-refractivity contribution is 6.09.